The average Bonchev–Trinajstić information content (AvgIpc) is 2.79. The largest absolute Gasteiger partial charge is 0.378 e. The van der Waals surface area contributed by atoms with Crippen molar-refractivity contribution in [2.75, 3.05) is 57.8 Å². The topological polar surface area (TPSA) is 65.0 Å². The van der Waals surface area contributed by atoms with Gasteiger partial charge in [0.05, 0.1) is 12.6 Å². The molecule has 31 heavy (non-hydrogen) atoms. The number of guanidine groups is 1. The molecule has 0 aromatic carbocycles. The van der Waals surface area contributed by atoms with Gasteiger partial charge in [0.1, 0.15) is 5.82 Å². The number of hydrogen-bond acceptors (Lipinski definition) is 5. The summed E-state index contributed by atoms with van der Waals surface area (Å²) in [4.78, 5) is 14.2. The Bertz CT molecular complexity index is 645. The van der Waals surface area contributed by atoms with Gasteiger partial charge < -0.3 is 25.2 Å². The molecule has 1 aromatic heterocycles. The summed E-state index contributed by atoms with van der Waals surface area (Å²) in [7, 11) is 2.18. The molecule has 1 aromatic rings. The van der Waals surface area contributed by atoms with Gasteiger partial charge in [-0.2, -0.15) is 0 Å². The number of halogens is 1. The Morgan fingerprint density at radius 2 is 1.94 bits per heavy atom. The first-order valence-electron chi connectivity index (χ1n) is 11.8. The van der Waals surface area contributed by atoms with E-state index in [0.29, 0.717) is 12.6 Å². The molecule has 0 unspecified atom stereocenters. The molecule has 0 bridgehead atoms. The van der Waals surface area contributed by atoms with Crippen molar-refractivity contribution in [2.24, 2.45) is 4.99 Å². The molecule has 7 nitrogen and oxygen atoms in total. The number of piperazine rings is 1. The van der Waals surface area contributed by atoms with Crippen LogP contribution in [-0.2, 0) is 11.3 Å². The Morgan fingerprint density at radius 1 is 1.16 bits per heavy atom. The highest BCUT2D eigenvalue weighted by Gasteiger charge is 2.18. The van der Waals surface area contributed by atoms with Crippen molar-refractivity contribution >= 4 is 35.8 Å². The summed E-state index contributed by atoms with van der Waals surface area (Å²) in [6.07, 6.45) is 9.86. The monoisotopic (exact) mass is 544 g/mol. The van der Waals surface area contributed by atoms with Gasteiger partial charge in [0.25, 0.3) is 0 Å². The van der Waals surface area contributed by atoms with Crippen LogP contribution in [0.15, 0.2) is 23.3 Å². The summed E-state index contributed by atoms with van der Waals surface area (Å²) in [6.45, 7) is 9.46. The zero-order valence-corrected chi connectivity index (χ0v) is 21.6. The predicted molar refractivity (Wildman–Crippen MR) is 140 cm³/mol. The molecule has 1 saturated heterocycles. The quantitative estimate of drug-likeness (QED) is 0.216. The molecular weight excluding hydrogens is 503 g/mol. The van der Waals surface area contributed by atoms with Crippen LogP contribution in [0.25, 0.3) is 0 Å². The number of aromatic nitrogens is 1. The second-order valence-corrected chi connectivity index (χ2v) is 8.38. The van der Waals surface area contributed by atoms with Crippen LogP contribution in [0.1, 0.15) is 51.0 Å². The summed E-state index contributed by atoms with van der Waals surface area (Å²) < 4.78 is 6.03. The average molecular weight is 545 g/mol. The summed E-state index contributed by atoms with van der Waals surface area (Å²) in [6, 6.07) is 4.15. The van der Waals surface area contributed by atoms with Gasteiger partial charge in [0.15, 0.2) is 5.96 Å². The molecular formula is C23H41IN6O. The Balaban J connectivity index is 0.00000341. The third-order valence-corrected chi connectivity index (χ3v) is 5.94. The van der Waals surface area contributed by atoms with E-state index in [0.717, 1.165) is 64.1 Å². The van der Waals surface area contributed by atoms with E-state index < -0.39 is 0 Å². The molecule has 1 aliphatic heterocycles. The van der Waals surface area contributed by atoms with Gasteiger partial charge in [0.2, 0.25) is 0 Å². The van der Waals surface area contributed by atoms with E-state index in [2.05, 4.69) is 45.5 Å². The number of ether oxygens (including phenoxy) is 1. The summed E-state index contributed by atoms with van der Waals surface area (Å²) >= 11 is 0. The normalized spacial score (nSPS) is 18.5. The number of nitrogens with one attached hydrogen (secondary N) is 2. The number of aliphatic imine (C=N–C) groups is 1. The highest BCUT2D eigenvalue weighted by atomic mass is 127. The second kappa shape index (κ2) is 14.8. The lowest BCUT2D eigenvalue weighted by molar-refractivity contribution is 0.0277. The van der Waals surface area contributed by atoms with Gasteiger partial charge in [-0.3, -0.25) is 0 Å². The van der Waals surface area contributed by atoms with Crippen LogP contribution in [-0.4, -0.2) is 74.9 Å². The van der Waals surface area contributed by atoms with Crippen molar-refractivity contribution in [2.45, 2.75) is 58.1 Å². The molecule has 0 amide bonds. The second-order valence-electron chi connectivity index (χ2n) is 8.38. The first-order valence-corrected chi connectivity index (χ1v) is 11.8. The fourth-order valence-electron chi connectivity index (χ4n) is 4.12. The van der Waals surface area contributed by atoms with E-state index in [9.17, 15) is 0 Å². The molecule has 2 heterocycles. The van der Waals surface area contributed by atoms with Crippen molar-refractivity contribution in [1.29, 1.82) is 0 Å². The van der Waals surface area contributed by atoms with Crippen LogP contribution < -0.4 is 15.5 Å². The van der Waals surface area contributed by atoms with Crippen LogP contribution in [0.3, 0.4) is 0 Å². The van der Waals surface area contributed by atoms with Crippen molar-refractivity contribution in [3.05, 3.63) is 23.9 Å². The lowest BCUT2D eigenvalue weighted by Crippen LogP contribution is -2.45. The van der Waals surface area contributed by atoms with Gasteiger partial charge in [-0.25, -0.2) is 9.98 Å². The Hall–Kier alpha value is -1.13. The number of anilines is 1. The van der Waals surface area contributed by atoms with E-state index in [1.54, 1.807) is 0 Å². The van der Waals surface area contributed by atoms with E-state index in [1.165, 1.54) is 37.7 Å². The highest BCUT2D eigenvalue weighted by molar-refractivity contribution is 14.0. The minimum atomic E-state index is 0. The van der Waals surface area contributed by atoms with Crippen molar-refractivity contribution in [3.8, 4) is 0 Å². The van der Waals surface area contributed by atoms with Gasteiger partial charge in [-0.1, -0.05) is 25.3 Å². The van der Waals surface area contributed by atoms with Gasteiger partial charge >= 0.3 is 0 Å². The summed E-state index contributed by atoms with van der Waals surface area (Å²) in [5.74, 6) is 1.94. The van der Waals surface area contributed by atoms with Crippen LogP contribution >= 0.6 is 24.0 Å². The van der Waals surface area contributed by atoms with E-state index in [-0.39, 0.29) is 24.0 Å². The highest BCUT2D eigenvalue weighted by Crippen LogP contribution is 2.20. The minimum absolute atomic E-state index is 0. The SMILES string of the molecule is CCNC(=NCc1cccnc1N1CCN(C)CC1)NCCCOC1CCCCC1.I. The molecule has 8 heteroatoms. The van der Waals surface area contributed by atoms with E-state index in [1.807, 2.05) is 12.3 Å². The first-order chi connectivity index (χ1) is 14.8. The fraction of sp³-hybridized carbons (Fsp3) is 0.739. The molecule has 2 aliphatic rings. The number of likely N-dealkylation sites (N-methyl/N-ethyl adjacent to an activating group) is 1. The molecule has 0 atom stereocenters. The molecule has 2 N–H and O–H groups in total. The smallest absolute Gasteiger partial charge is 0.191 e. The number of hydrogen-bond donors (Lipinski definition) is 2. The van der Waals surface area contributed by atoms with Crippen LogP contribution in [0.5, 0.6) is 0 Å². The zero-order chi connectivity index (χ0) is 21.0. The lowest BCUT2D eigenvalue weighted by Gasteiger charge is -2.34. The maximum Gasteiger partial charge on any atom is 0.191 e. The van der Waals surface area contributed by atoms with E-state index >= 15 is 0 Å². The molecule has 0 spiro atoms. The molecule has 0 radical (unpaired) electrons. The Kier molecular flexibility index (Phi) is 12.5. The molecule has 176 valence electrons. The van der Waals surface area contributed by atoms with Crippen molar-refractivity contribution in [3.63, 3.8) is 0 Å². The zero-order valence-electron chi connectivity index (χ0n) is 19.3. The third-order valence-electron chi connectivity index (χ3n) is 5.94. The molecule has 2 fully saturated rings. The predicted octanol–water partition coefficient (Wildman–Crippen LogP) is 3.25. The van der Waals surface area contributed by atoms with Crippen molar-refractivity contribution < 1.29 is 4.74 Å². The Labute approximate surface area is 205 Å². The number of rotatable bonds is 9. The molecule has 1 saturated carbocycles. The molecule has 1 aliphatic carbocycles. The summed E-state index contributed by atoms with van der Waals surface area (Å²) in [5, 5.41) is 6.81. The van der Waals surface area contributed by atoms with Crippen LogP contribution in [0.2, 0.25) is 0 Å². The summed E-state index contributed by atoms with van der Waals surface area (Å²) in [5.41, 5.74) is 1.18. The van der Waals surface area contributed by atoms with Crippen LogP contribution in [0.4, 0.5) is 5.82 Å². The van der Waals surface area contributed by atoms with Gasteiger partial charge in [-0.05, 0) is 39.3 Å². The fourth-order valence-corrected chi connectivity index (χ4v) is 4.12. The first kappa shape index (κ1) is 26.1. The van der Waals surface area contributed by atoms with Gasteiger partial charge in [-0.15, -0.1) is 24.0 Å². The van der Waals surface area contributed by atoms with Gasteiger partial charge in [0, 0.05) is 57.6 Å². The maximum absolute atomic E-state index is 6.03. The molecule has 3 rings (SSSR count). The van der Waals surface area contributed by atoms with E-state index in [4.69, 9.17) is 9.73 Å². The van der Waals surface area contributed by atoms with Crippen LogP contribution in [0, 0.1) is 0 Å². The number of pyridine rings is 1. The van der Waals surface area contributed by atoms with Crippen molar-refractivity contribution in [1.82, 2.24) is 20.5 Å². The number of nitrogens with zero attached hydrogens (tertiary/aromatic N) is 4. The maximum atomic E-state index is 6.03. The lowest BCUT2D eigenvalue weighted by atomic mass is 9.98. The third kappa shape index (κ3) is 9.10. The standard InChI is InChI=1S/C23H40N6O.HI/c1-3-24-23(26-13-8-18-30-21-10-5-4-6-11-21)27-19-20-9-7-12-25-22(20)29-16-14-28(2)15-17-29;/h7,9,12,21H,3-6,8,10-11,13-19H2,1-2H3,(H2,24,26,27);1H. The minimum Gasteiger partial charge on any atom is -0.378 e. The Morgan fingerprint density at radius 3 is 2.68 bits per heavy atom.